The molecule has 0 aliphatic rings. The van der Waals surface area contributed by atoms with Crippen LogP contribution in [0.1, 0.15) is 226 Å². The summed E-state index contributed by atoms with van der Waals surface area (Å²) >= 11 is 0. The van der Waals surface area contributed by atoms with Crippen LogP contribution in [0.4, 0.5) is 0 Å². The van der Waals surface area contributed by atoms with Crippen LogP contribution in [0.5, 0.6) is 0 Å². The summed E-state index contributed by atoms with van der Waals surface area (Å²) in [5.74, 6) is -0.335. The first-order valence-corrected chi connectivity index (χ1v) is 23.5. The van der Waals surface area contributed by atoms with Gasteiger partial charge in [0.05, 0.1) is 19.8 Å². The summed E-state index contributed by atoms with van der Waals surface area (Å²) in [7, 11) is -4.26. The van der Waals surface area contributed by atoms with Gasteiger partial charge < -0.3 is 20.1 Å². The van der Waals surface area contributed by atoms with Crippen molar-refractivity contribution in [1.82, 2.24) is 0 Å². The molecule has 0 aromatic heterocycles. The normalized spacial score (nSPS) is 13.4. The molecule has 306 valence electrons. The van der Waals surface area contributed by atoms with Crippen LogP contribution in [-0.2, 0) is 27.9 Å². The Morgan fingerprint density at radius 1 is 0.510 bits per heavy atom. The number of carbonyl (C=O) groups excluding carboxylic acids is 1. The quantitative estimate of drug-likeness (QED) is 0.0360. The number of phosphoric acid groups is 1. The molecule has 0 aromatic rings. The molecule has 0 saturated heterocycles. The van der Waals surface area contributed by atoms with E-state index >= 15 is 0 Å². The summed E-state index contributed by atoms with van der Waals surface area (Å²) in [6, 6.07) is 0. The summed E-state index contributed by atoms with van der Waals surface area (Å²) < 4.78 is 33.2. The predicted molar refractivity (Wildman–Crippen MR) is 215 cm³/mol. The Balaban J connectivity index is 3.68. The first-order chi connectivity index (χ1) is 24.9. The molecule has 8 nitrogen and oxygen atoms in total. The Morgan fingerprint density at radius 2 is 0.863 bits per heavy atom. The molecule has 0 aliphatic carbocycles. The smallest absolute Gasteiger partial charge is 0.457 e. The maximum absolute atomic E-state index is 12.4. The minimum absolute atomic E-state index is 0.0909. The van der Waals surface area contributed by atoms with Gasteiger partial charge in [0, 0.05) is 19.6 Å². The molecule has 2 atom stereocenters. The van der Waals surface area contributed by atoms with Crippen molar-refractivity contribution in [3.05, 3.63) is 0 Å². The van der Waals surface area contributed by atoms with E-state index in [0.29, 0.717) is 13.0 Å². The first kappa shape index (κ1) is 50.5. The molecule has 9 heteroatoms. The van der Waals surface area contributed by atoms with E-state index in [-0.39, 0.29) is 32.3 Å². The number of carbonyl (C=O) groups is 1. The first-order valence-electron chi connectivity index (χ1n) is 22.0. The standard InChI is InChI=1S/C42H86NO7P/c1-3-5-7-9-11-12-13-14-15-16-17-18-19-20-21-22-23-24-25-26-27-28-29-30-32-34-37-47-39-41(40-49-51(45,46)48-38-36-43)50-42(44)35-33-31-10-8-6-4-2/h41H,3-40,43H2,1-2H3,(H,45,46). The third-order valence-corrected chi connectivity index (χ3v) is 10.8. The van der Waals surface area contributed by atoms with E-state index in [9.17, 15) is 14.3 Å². The summed E-state index contributed by atoms with van der Waals surface area (Å²) in [4.78, 5) is 22.2. The van der Waals surface area contributed by atoms with Crippen LogP contribution in [0, 0.1) is 0 Å². The van der Waals surface area contributed by atoms with Gasteiger partial charge in [-0.25, -0.2) is 4.57 Å². The van der Waals surface area contributed by atoms with Gasteiger partial charge in [-0.05, 0) is 12.8 Å². The van der Waals surface area contributed by atoms with E-state index in [1.807, 2.05) is 0 Å². The van der Waals surface area contributed by atoms with Crippen molar-refractivity contribution >= 4 is 13.8 Å². The van der Waals surface area contributed by atoms with Crippen molar-refractivity contribution in [2.24, 2.45) is 5.73 Å². The molecule has 0 amide bonds. The van der Waals surface area contributed by atoms with Crippen molar-refractivity contribution in [3.63, 3.8) is 0 Å². The van der Waals surface area contributed by atoms with Crippen molar-refractivity contribution < 1.29 is 32.8 Å². The third-order valence-electron chi connectivity index (χ3n) is 9.77. The topological polar surface area (TPSA) is 117 Å². The SMILES string of the molecule is CCCCCCCCCCCCCCCCCCCCCCCCCCCCOCC(COP(=O)(O)OCCN)OC(=O)CCCCCCCC. The Bertz CT molecular complexity index is 757. The maximum atomic E-state index is 12.4. The fourth-order valence-corrected chi connectivity index (χ4v) is 7.29. The molecule has 0 heterocycles. The number of ether oxygens (including phenoxy) is 2. The van der Waals surface area contributed by atoms with Gasteiger partial charge in [0.1, 0.15) is 6.10 Å². The summed E-state index contributed by atoms with van der Waals surface area (Å²) in [6.07, 6.45) is 41.7. The Hall–Kier alpha value is -0.500. The Morgan fingerprint density at radius 3 is 1.24 bits per heavy atom. The van der Waals surface area contributed by atoms with Gasteiger partial charge in [0.2, 0.25) is 0 Å². The average molecular weight is 748 g/mol. The maximum Gasteiger partial charge on any atom is 0.472 e. The molecule has 0 saturated carbocycles. The summed E-state index contributed by atoms with van der Waals surface area (Å²) in [5.41, 5.74) is 5.34. The number of hydrogen-bond donors (Lipinski definition) is 2. The van der Waals surface area contributed by atoms with E-state index in [0.717, 1.165) is 32.1 Å². The number of nitrogens with two attached hydrogens (primary N) is 1. The lowest BCUT2D eigenvalue weighted by Crippen LogP contribution is -2.28. The van der Waals surface area contributed by atoms with E-state index < -0.39 is 13.9 Å². The van der Waals surface area contributed by atoms with Gasteiger partial charge in [-0.2, -0.15) is 0 Å². The second-order valence-corrected chi connectivity index (χ2v) is 16.4. The molecule has 3 N–H and O–H groups in total. The van der Waals surface area contributed by atoms with Crippen LogP contribution >= 0.6 is 7.82 Å². The van der Waals surface area contributed by atoms with Crippen LogP contribution in [0.3, 0.4) is 0 Å². The van der Waals surface area contributed by atoms with Crippen LogP contribution in [0.2, 0.25) is 0 Å². The molecule has 0 radical (unpaired) electrons. The average Bonchev–Trinajstić information content (AvgIpc) is 3.12. The van der Waals surface area contributed by atoms with Gasteiger partial charge in [0.25, 0.3) is 0 Å². The van der Waals surface area contributed by atoms with Gasteiger partial charge >= 0.3 is 13.8 Å². The lowest BCUT2D eigenvalue weighted by Gasteiger charge is -2.20. The summed E-state index contributed by atoms with van der Waals surface area (Å²) in [5, 5.41) is 0. The van der Waals surface area contributed by atoms with Crippen molar-refractivity contribution in [2.75, 3.05) is 33.0 Å². The van der Waals surface area contributed by atoms with Crippen molar-refractivity contribution in [1.29, 1.82) is 0 Å². The van der Waals surface area contributed by atoms with Gasteiger partial charge in [-0.15, -0.1) is 0 Å². The van der Waals surface area contributed by atoms with Crippen LogP contribution in [0.25, 0.3) is 0 Å². The molecule has 51 heavy (non-hydrogen) atoms. The van der Waals surface area contributed by atoms with E-state index in [1.54, 1.807) is 0 Å². The molecule has 2 unspecified atom stereocenters. The molecule has 0 aliphatic heterocycles. The number of rotatable bonds is 43. The zero-order valence-electron chi connectivity index (χ0n) is 33.9. The lowest BCUT2D eigenvalue weighted by atomic mass is 10.0. The second kappa shape index (κ2) is 40.7. The molecule has 0 spiro atoms. The van der Waals surface area contributed by atoms with Gasteiger partial charge in [-0.1, -0.05) is 206 Å². The Kier molecular flexibility index (Phi) is 40.3. The highest BCUT2D eigenvalue weighted by atomic mass is 31.2. The van der Waals surface area contributed by atoms with E-state index in [2.05, 4.69) is 13.8 Å². The van der Waals surface area contributed by atoms with Crippen LogP contribution in [-0.4, -0.2) is 49.9 Å². The van der Waals surface area contributed by atoms with Crippen molar-refractivity contribution in [2.45, 2.75) is 232 Å². The minimum Gasteiger partial charge on any atom is -0.457 e. The second-order valence-electron chi connectivity index (χ2n) is 14.9. The largest absolute Gasteiger partial charge is 0.472 e. The van der Waals surface area contributed by atoms with Gasteiger partial charge in [-0.3, -0.25) is 13.8 Å². The fourth-order valence-electron chi connectivity index (χ4n) is 6.53. The van der Waals surface area contributed by atoms with Gasteiger partial charge in [0.15, 0.2) is 0 Å². The summed E-state index contributed by atoms with van der Waals surface area (Å²) in [6.45, 7) is 4.91. The lowest BCUT2D eigenvalue weighted by molar-refractivity contribution is -0.154. The number of unbranched alkanes of at least 4 members (excludes halogenated alkanes) is 30. The Labute approximate surface area is 316 Å². The molecule has 0 bridgehead atoms. The molecular formula is C42H86NO7P. The van der Waals surface area contributed by atoms with E-state index in [1.165, 1.54) is 173 Å². The monoisotopic (exact) mass is 748 g/mol. The highest BCUT2D eigenvalue weighted by Crippen LogP contribution is 2.43. The van der Waals surface area contributed by atoms with Crippen LogP contribution in [0.15, 0.2) is 0 Å². The predicted octanol–water partition coefficient (Wildman–Crippen LogP) is 12.9. The molecular weight excluding hydrogens is 661 g/mol. The zero-order valence-corrected chi connectivity index (χ0v) is 34.8. The number of hydrogen-bond acceptors (Lipinski definition) is 7. The minimum atomic E-state index is -4.26. The number of phosphoric ester groups is 1. The highest BCUT2D eigenvalue weighted by Gasteiger charge is 2.25. The number of esters is 1. The highest BCUT2D eigenvalue weighted by molar-refractivity contribution is 7.47. The van der Waals surface area contributed by atoms with Crippen molar-refractivity contribution in [3.8, 4) is 0 Å². The van der Waals surface area contributed by atoms with Crippen LogP contribution < -0.4 is 5.73 Å². The molecule has 0 fully saturated rings. The fraction of sp³-hybridized carbons (Fsp3) is 0.976. The molecule has 0 aromatic carbocycles. The zero-order chi connectivity index (χ0) is 37.4. The van der Waals surface area contributed by atoms with E-state index in [4.69, 9.17) is 24.3 Å². The third kappa shape index (κ3) is 40.5. The molecule has 0 rings (SSSR count).